The molecule has 0 bridgehead atoms. The summed E-state index contributed by atoms with van der Waals surface area (Å²) in [4.78, 5) is 8.85. The van der Waals surface area contributed by atoms with Gasteiger partial charge in [0.15, 0.2) is 4.90 Å². The highest BCUT2D eigenvalue weighted by Gasteiger charge is 2.24. The van der Waals surface area contributed by atoms with Gasteiger partial charge < -0.3 is 0 Å². The number of hydrogen-bond donors (Lipinski definition) is 2. The van der Waals surface area contributed by atoms with Gasteiger partial charge in [-0.2, -0.15) is 24.0 Å². The first kappa shape index (κ1) is 15.0. The monoisotopic (exact) mass is 295 g/mol. The molecule has 102 valence electrons. The number of anilines is 1. The van der Waals surface area contributed by atoms with Gasteiger partial charge in [-0.25, -0.2) is 0 Å². The van der Waals surface area contributed by atoms with Crippen LogP contribution in [-0.2, 0) is 10.1 Å². The third kappa shape index (κ3) is 3.49. The molecule has 1 rings (SSSR count). The second-order valence-corrected chi connectivity index (χ2v) is 4.60. The van der Waals surface area contributed by atoms with Crippen LogP contribution in [0.3, 0.4) is 0 Å². The number of nitro benzene ring substituents is 1. The summed E-state index contributed by atoms with van der Waals surface area (Å²) in [5.74, 6) is 0. The van der Waals surface area contributed by atoms with Gasteiger partial charge in [0, 0.05) is 6.07 Å². The number of benzene rings is 1. The molecule has 10 nitrogen and oxygen atoms in total. The second-order valence-electron chi connectivity index (χ2n) is 3.21. The zero-order chi connectivity index (χ0) is 15.3. The van der Waals surface area contributed by atoms with Gasteiger partial charge in [0.1, 0.15) is 12.1 Å². The van der Waals surface area contributed by atoms with E-state index < -0.39 is 31.3 Å². The van der Waals surface area contributed by atoms with Crippen molar-refractivity contribution in [3.63, 3.8) is 0 Å². The molecular weight excluding hydrogens is 290 g/mol. The summed E-state index contributed by atoms with van der Waals surface area (Å²) >= 11 is 0. The van der Waals surface area contributed by atoms with Crippen molar-refractivity contribution in [3.8, 4) is 12.1 Å². The Morgan fingerprint density at radius 3 is 2.45 bits per heavy atom. The van der Waals surface area contributed by atoms with Crippen molar-refractivity contribution >= 4 is 27.2 Å². The third-order valence-electron chi connectivity index (χ3n) is 1.94. The van der Waals surface area contributed by atoms with Crippen LogP contribution in [-0.4, -0.2) is 23.6 Å². The van der Waals surface area contributed by atoms with E-state index >= 15 is 0 Å². The number of hydrazone groups is 1. The van der Waals surface area contributed by atoms with Crippen LogP contribution in [0.1, 0.15) is 0 Å². The van der Waals surface area contributed by atoms with Gasteiger partial charge in [-0.05, 0) is 12.1 Å². The number of nitro groups is 1. The number of hydrogen-bond acceptors (Lipinski definition) is 8. The van der Waals surface area contributed by atoms with Crippen molar-refractivity contribution in [3.05, 3.63) is 28.3 Å². The fourth-order valence-corrected chi connectivity index (χ4v) is 1.78. The lowest BCUT2D eigenvalue weighted by Gasteiger charge is -2.03. The van der Waals surface area contributed by atoms with Gasteiger partial charge in [-0.3, -0.25) is 20.1 Å². The molecule has 0 spiro atoms. The van der Waals surface area contributed by atoms with Crippen molar-refractivity contribution in [2.24, 2.45) is 5.10 Å². The molecule has 0 aliphatic rings. The highest BCUT2D eigenvalue weighted by molar-refractivity contribution is 7.86. The van der Waals surface area contributed by atoms with Crippen LogP contribution in [0.2, 0.25) is 0 Å². The summed E-state index contributed by atoms with van der Waals surface area (Å²) in [5.41, 5.74) is 0.754. The summed E-state index contributed by atoms with van der Waals surface area (Å²) in [6.07, 6.45) is 0. The molecule has 0 unspecified atom stereocenters. The number of nitrogens with zero attached hydrogens (tertiary/aromatic N) is 4. The molecule has 11 heteroatoms. The second kappa shape index (κ2) is 5.75. The van der Waals surface area contributed by atoms with E-state index in [1.807, 2.05) is 0 Å². The predicted molar refractivity (Wildman–Crippen MR) is 65.2 cm³/mol. The predicted octanol–water partition coefficient (Wildman–Crippen LogP) is 0.657. The average molecular weight is 295 g/mol. The minimum Gasteiger partial charge on any atom is -0.282 e. The van der Waals surface area contributed by atoms with E-state index in [1.165, 1.54) is 12.1 Å². The molecule has 1 aromatic carbocycles. The maximum atomic E-state index is 10.9. The van der Waals surface area contributed by atoms with Gasteiger partial charge >= 0.3 is 10.1 Å². The highest BCUT2D eigenvalue weighted by Crippen LogP contribution is 2.26. The quantitative estimate of drug-likeness (QED) is 0.353. The van der Waals surface area contributed by atoms with Crippen molar-refractivity contribution < 1.29 is 17.9 Å². The van der Waals surface area contributed by atoms with Gasteiger partial charge in [-0.15, -0.1) is 0 Å². The summed E-state index contributed by atoms with van der Waals surface area (Å²) in [6.45, 7) is 0. The van der Waals surface area contributed by atoms with Crippen molar-refractivity contribution in [2.45, 2.75) is 4.90 Å². The summed E-state index contributed by atoms with van der Waals surface area (Å²) in [6, 6.07) is 5.56. The van der Waals surface area contributed by atoms with Gasteiger partial charge in [-0.1, -0.05) is 0 Å². The Morgan fingerprint density at radius 1 is 1.40 bits per heavy atom. The van der Waals surface area contributed by atoms with Crippen LogP contribution in [0.4, 0.5) is 11.4 Å². The average Bonchev–Trinajstić information content (AvgIpc) is 2.38. The molecule has 2 N–H and O–H groups in total. The maximum absolute atomic E-state index is 10.9. The van der Waals surface area contributed by atoms with Crippen LogP contribution in [0.25, 0.3) is 0 Å². The molecule has 0 fully saturated rings. The first-order chi connectivity index (χ1) is 9.29. The lowest BCUT2D eigenvalue weighted by Crippen LogP contribution is -2.04. The van der Waals surface area contributed by atoms with Crippen LogP contribution in [0, 0.1) is 32.8 Å². The Hall–Kier alpha value is -3.02. The van der Waals surface area contributed by atoms with E-state index in [2.05, 4.69) is 10.5 Å². The molecule has 0 saturated carbocycles. The molecule has 0 saturated heterocycles. The van der Waals surface area contributed by atoms with Gasteiger partial charge in [0.2, 0.25) is 5.71 Å². The molecular formula is C9H5N5O5S. The standard InChI is InChI=1S/C9H5N5O5S/c10-4-7(5-11)13-12-6-1-2-9(20(17,18)19)8(3-6)14(15)16/h1-3,12H,(H,17,18,19). The lowest BCUT2D eigenvalue weighted by atomic mass is 10.3. The fourth-order valence-electron chi connectivity index (χ4n) is 1.14. The lowest BCUT2D eigenvalue weighted by molar-refractivity contribution is -0.387. The van der Waals surface area contributed by atoms with Crippen LogP contribution in [0.15, 0.2) is 28.2 Å². The van der Waals surface area contributed by atoms with Crippen LogP contribution in [0.5, 0.6) is 0 Å². The van der Waals surface area contributed by atoms with Gasteiger partial charge in [0.05, 0.1) is 10.6 Å². The van der Waals surface area contributed by atoms with E-state index in [0.29, 0.717) is 0 Å². The van der Waals surface area contributed by atoms with Crippen LogP contribution >= 0.6 is 0 Å². The van der Waals surface area contributed by atoms with E-state index in [9.17, 15) is 18.5 Å². The Labute approximate surface area is 112 Å². The van der Waals surface area contributed by atoms with Crippen molar-refractivity contribution in [2.75, 3.05) is 5.43 Å². The molecule has 1 aromatic rings. The first-order valence-electron chi connectivity index (χ1n) is 4.69. The summed E-state index contributed by atoms with van der Waals surface area (Å²) in [7, 11) is -4.75. The molecule has 0 aliphatic carbocycles. The third-order valence-corrected chi connectivity index (χ3v) is 2.84. The zero-order valence-electron chi connectivity index (χ0n) is 9.51. The number of nitriles is 2. The van der Waals surface area contributed by atoms with Crippen LogP contribution < -0.4 is 5.43 Å². The summed E-state index contributed by atoms with van der Waals surface area (Å²) < 4.78 is 30.7. The minimum atomic E-state index is -4.75. The molecule has 20 heavy (non-hydrogen) atoms. The van der Waals surface area contributed by atoms with E-state index in [4.69, 9.17) is 15.1 Å². The molecule has 0 aromatic heterocycles. The molecule has 0 amide bonds. The molecule has 0 aliphatic heterocycles. The Balaban J connectivity index is 3.27. The molecule has 0 radical (unpaired) electrons. The van der Waals surface area contributed by atoms with E-state index in [1.54, 1.807) is 0 Å². The topological polar surface area (TPSA) is 169 Å². The highest BCUT2D eigenvalue weighted by atomic mass is 32.2. The van der Waals surface area contributed by atoms with E-state index in [0.717, 1.165) is 18.2 Å². The number of rotatable bonds is 4. The molecule has 0 heterocycles. The van der Waals surface area contributed by atoms with Gasteiger partial charge in [0.25, 0.3) is 5.69 Å². The Kier molecular flexibility index (Phi) is 4.32. The number of nitrogens with one attached hydrogen (secondary N) is 1. The van der Waals surface area contributed by atoms with E-state index in [-0.39, 0.29) is 5.69 Å². The largest absolute Gasteiger partial charge is 0.301 e. The Morgan fingerprint density at radius 2 is 2.00 bits per heavy atom. The Bertz CT molecular complexity index is 755. The zero-order valence-corrected chi connectivity index (χ0v) is 10.3. The van der Waals surface area contributed by atoms with Crippen molar-refractivity contribution in [1.82, 2.24) is 0 Å². The smallest absolute Gasteiger partial charge is 0.282 e. The maximum Gasteiger partial charge on any atom is 0.301 e. The van der Waals surface area contributed by atoms with Crippen molar-refractivity contribution in [1.29, 1.82) is 10.5 Å². The molecule has 0 atom stereocenters. The minimum absolute atomic E-state index is 0.0351. The summed E-state index contributed by atoms with van der Waals surface area (Å²) in [5, 5.41) is 30.9. The SMILES string of the molecule is N#CC(C#N)=NNc1ccc(S(=O)(=O)O)c([N+](=O)[O-])c1. The normalized spacial score (nSPS) is 9.95. The fraction of sp³-hybridized carbons (Fsp3) is 0. The first-order valence-corrected chi connectivity index (χ1v) is 6.13.